The van der Waals surface area contributed by atoms with Gasteiger partial charge in [0.1, 0.15) is 30.6 Å². The van der Waals surface area contributed by atoms with Crippen LogP contribution in [0, 0.1) is 11.8 Å². The molecule has 1 aliphatic rings. The highest BCUT2D eigenvalue weighted by Crippen LogP contribution is 2.35. The second-order valence-electron chi connectivity index (χ2n) is 17.2. The lowest BCUT2D eigenvalue weighted by molar-refractivity contribution is -0.145. The first-order valence-electron chi connectivity index (χ1n) is 23.0. The Kier molecular flexibility index (Phi) is 22.2. The van der Waals surface area contributed by atoms with Crippen LogP contribution in [0.3, 0.4) is 0 Å². The number of nitrogens with two attached hydrogens (primary N) is 1. The molecular weight excluding hydrogens is 893 g/mol. The van der Waals surface area contributed by atoms with Crippen LogP contribution in [0.4, 0.5) is 16.4 Å². The molecule has 0 fully saturated rings. The molecule has 3 heterocycles. The van der Waals surface area contributed by atoms with E-state index in [0.717, 1.165) is 12.1 Å². The minimum absolute atomic E-state index is 0.0155. The largest absolute Gasteiger partial charge is 0.476 e. The van der Waals surface area contributed by atoms with Gasteiger partial charge in [-0.15, -0.1) is 0 Å². The molecule has 0 saturated heterocycles. The number of benzene rings is 1. The maximum Gasteiger partial charge on any atom is 0.320 e. The average molecular weight is 957 g/mol. The van der Waals surface area contributed by atoms with Crippen LogP contribution in [0.1, 0.15) is 94.4 Å². The monoisotopic (exact) mass is 956 g/mol. The average Bonchev–Trinajstić information content (AvgIpc) is 3.62. The van der Waals surface area contributed by atoms with Crippen LogP contribution >= 0.6 is 0 Å². The van der Waals surface area contributed by atoms with E-state index in [1.165, 1.54) is 4.90 Å². The first-order valence-corrected chi connectivity index (χ1v) is 23.0. The third-order valence-electron chi connectivity index (χ3n) is 10.9. The second-order valence-corrected chi connectivity index (χ2v) is 17.2. The van der Waals surface area contributed by atoms with Crippen molar-refractivity contribution in [2.24, 2.45) is 22.7 Å². The summed E-state index contributed by atoms with van der Waals surface area (Å²) in [5.74, 6) is -2.21. The molecule has 5 N–H and O–H groups in total. The zero-order valence-electron chi connectivity index (χ0n) is 40.0. The van der Waals surface area contributed by atoms with Crippen molar-refractivity contribution in [1.82, 2.24) is 30.5 Å². The third kappa shape index (κ3) is 18.8. The number of nitrogens with zero attached hydrogens (tertiary/aromatic N) is 8. The standard InChI is InChI=1S/C47H64N12O10/c1-6-21-68-47-55-43(36-25-41(63)59(44(36)56-47)28-33-17-18-40(51-26-33)67-22-20-58(4)5)54-39(62)11-7-8-12-42(64)69-29-32-15-13-31(14-16-32)23-38(61)37(10-9-19-50-46(48)66)53-45(65)35(30(2)3)24-34(60)27-52-57-49/h13-18,26,30,35,37H,6-12,19-25,27-29H2,1-5H3,(H,53,65)(H3,48,50,66)(H,54,55,56,62)/t35-,37-/m0/s1. The summed E-state index contributed by atoms with van der Waals surface area (Å²) in [7, 11) is 3.91. The predicted octanol–water partition coefficient (Wildman–Crippen LogP) is 4.52. The van der Waals surface area contributed by atoms with Gasteiger partial charge in [0.05, 0.1) is 32.2 Å². The fraction of sp³-hybridized carbons (Fsp3) is 0.532. The minimum atomic E-state index is -0.924. The molecule has 4 rings (SSSR count). The zero-order chi connectivity index (χ0) is 50.3. The second kappa shape index (κ2) is 28.2. The summed E-state index contributed by atoms with van der Waals surface area (Å²) in [5, 5.41) is 11.4. The number of amides is 5. The van der Waals surface area contributed by atoms with E-state index >= 15 is 0 Å². The Bertz CT molecular complexity index is 2290. The van der Waals surface area contributed by atoms with Crippen molar-refractivity contribution in [3.63, 3.8) is 0 Å². The van der Waals surface area contributed by atoms with Gasteiger partial charge in [-0.1, -0.05) is 56.2 Å². The van der Waals surface area contributed by atoms with E-state index in [-0.39, 0.29) is 100 Å². The van der Waals surface area contributed by atoms with Gasteiger partial charge in [0, 0.05) is 67.4 Å². The first-order chi connectivity index (χ1) is 33.1. The quantitative estimate of drug-likeness (QED) is 0.0227. The molecule has 0 saturated carbocycles. The van der Waals surface area contributed by atoms with Crippen LogP contribution in [0.25, 0.3) is 10.4 Å². The van der Waals surface area contributed by atoms with Gasteiger partial charge in [-0.25, -0.2) is 9.78 Å². The van der Waals surface area contributed by atoms with Crippen molar-refractivity contribution in [1.29, 1.82) is 0 Å². The van der Waals surface area contributed by atoms with Crippen LogP contribution in [-0.2, 0) is 59.5 Å². The van der Waals surface area contributed by atoms with Crippen LogP contribution < -0.4 is 36.1 Å². The van der Waals surface area contributed by atoms with E-state index in [2.05, 4.69) is 40.9 Å². The number of unbranched alkanes of at least 4 members (excludes halogenated alkanes) is 1. The number of pyridine rings is 1. The predicted molar refractivity (Wildman–Crippen MR) is 254 cm³/mol. The molecule has 3 aromatic rings. The van der Waals surface area contributed by atoms with Gasteiger partial charge in [0.15, 0.2) is 5.78 Å². The van der Waals surface area contributed by atoms with E-state index in [9.17, 15) is 33.6 Å². The number of hydrogen-bond donors (Lipinski definition) is 4. The number of ketones is 2. The zero-order valence-corrected chi connectivity index (χ0v) is 40.0. The van der Waals surface area contributed by atoms with Gasteiger partial charge in [-0.3, -0.25) is 33.7 Å². The van der Waals surface area contributed by atoms with Crippen LogP contribution in [0.5, 0.6) is 11.9 Å². The topological polar surface area (TPSA) is 303 Å². The Morgan fingerprint density at radius 1 is 0.957 bits per heavy atom. The summed E-state index contributed by atoms with van der Waals surface area (Å²) in [6, 6.07) is 8.86. The SMILES string of the molecule is CCCOc1nc(NC(=O)CCCCC(=O)OCc2ccc(CC(=O)[C@H](CCCNC(N)=O)NC(=O)[C@@H](CC(=O)CN=[N+]=[N-])C(C)C)cc2)c2c(n1)N(Cc1ccc(OCCN(C)C)nc1)C(=O)C2. The lowest BCUT2D eigenvalue weighted by atomic mass is 9.89. The number of likely N-dealkylation sites (N-methyl/N-ethyl adjacent to an activating group) is 1. The van der Waals surface area contributed by atoms with E-state index in [1.54, 1.807) is 50.4 Å². The summed E-state index contributed by atoms with van der Waals surface area (Å²) in [6.45, 7) is 7.02. The lowest BCUT2D eigenvalue weighted by Gasteiger charge is -2.24. The van der Waals surface area contributed by atoms with Gasteiger partial charge < -0.3 is 40.8 Å². The van der Waals surface area contributed by atoms with Gasteiger partial charge in [-0.2, -0.15) is 9.97 Å². The first kappa shape index (κ1) is 54.4. The number of carbonyl (C=O) groups excluding carboxylic acids is 7. The molecule has 69 heavy (non-hydrogen) atoms. The van der Waals surface area contributed by atoms with Crippen molar-refractivity contribution in [3.8, 4) is 11.9 Å². The molecule has 1 aromatic carbocycles. The summed E-state index contributed by atoms with van der Waals surface area (Å²) in [5.41, 5.74) is 16.3. The molecule has 5 amide bonds. The fourth-order valence-corrected chi connectivity index (χ4v) is 7.06. The van der Waals surface area contributed by atoms with E-state index in [0.29, 0.717) is 67.3 Å². The van der Waals surface area contributed by atoms with Crippen molar-refractivity contribution in [2.45, 2.75) is 104 Å². The van der Waals surface area contributed by atoms with Gasteiger partial charge in [0.2, 0.25) is 23.6 Å². The summed E-state index contributed by atoms with van der Waals surface area (Å²) in [4.78, 5) is 109. The summed E-state index contributed by atoms with van der Waals surface area (Å²) < 4.78 is 16.9. The molecule has 0 unspecified atom stereocenters. The Morgan fingerprint density at radius 3 is 2.35 bits per heavy atom. The summed E-state index contributed by atoms with van der Waals surface area (Å²) in [6.07, 6.45) is 3.57. The molecule has 1 aliphatic heterocycles. The normalized spacial score (nSPS) is 12.7. The highest BCUT2D eigenvalue weighted by atomic mass is 16.5. The Labute approximate surface area is 401 Å². The molecule has 0 radical (unpaired) electrons. The molecule has 2 atom stereocenters. The Morgan fingerprint density at radius 2 is 1.68 bits per heavy atom. The number of carbonyl (C=O) groups is 7. The number of urea groups is 1. The number of Topliss-reactive ketones (excluding diaryl/α,β-unsaturated/α-hetero) is 2. The number of esters is 1. The summed E-state index contributed by atoms with van der Waals surface area (Å²) >= 11 is 0. The van der Waals surface area contributed by atoms with Crippen LogP contribution in [0.15, 0.2) is 47.7 Å². The molecule has 0 spiro atoms. The number of fused-ring (bicyclic) bond motifs is 1. The van der Waals surface area contributed by atoms with E-state index in [4.69, 9.17) is 25.5 Å². The Balaban J connectivity index is 1.26. The number of anilines is 2. The van der Waals surface area contributed by atoms with Crippen molar-refractivity contribution >= 4 is 52.9 Å². The number of nitrogens with one attached hydrogen (secondary N) is 3. The van der Waals surface area contributed by atoms with Crippen molar-refractivity contribution < 1.29 is 47.8 Å². The highest BCUT2D eigenvalue weighted by Gasteiger charge is 2.34. The Hall–Kier alpha value is -7.19. The number of rotatable bonds is 31. The minimum Gasteiger partial charge on any atom is -0.476 e. The van der Waals surface area contributed by atoms with E-state index < -0.39 is 35.7 Å². The molecule has 22 heteroatoms. The van der Waals surface area contributed by atoms with Crippen molar-refractivity contribution in [3.05, 3.63) is 75.3 Å². The molecule has 0 bridgehead atoms. The molecule has 0 aliphatic carbocycles. The maximum atomic E-state index is 13.5. The van der Waals surface area contributed by atoms with Gasteiger partial charge in [0.25, 0.3) is 0 Å². The van der Waals surface area contributed by atoms with Crippen molar-refractivity contribution in [2.75, 3.05) is 57.2 Å². The third-order valence-corrected chi connectivity index (χ3v) is 10.9. The van der Waals surface area contributed by atoms with Crippen LogP contribution in [-0.4, -0.2) is 114 Å². The number of aromatic nitrogens is 3. The van der Waals surface area contributed by atoms with Gasteiger partial charge >= 0.3 is 18.0 Å². The molecule has 22 nitrogen and oxygen atoms in total. The number of ether oxygens (including phenoxy) is 3. The fourth-order valence-electron chi connectivity index (χ4n) is 7.06. The molecule has 372 valence electrons. The highest BCUT2D eigenvalue weighted by molar-refractivity contribution is 6.03. The van der Waals surface area contributed by atoms with E-state index in [1.807, 2.05) is 32.0 Å². The number of primary amides is 1. The maximum absolute atomic E-state index is 13.5. The lowest BCUT2D eigenvalue weighted by Crippen LogP contribution is -2.46. The van der Waals surface area contributed by atoms with Gasteiger partial charge in [-0.05, 0) is 74.3 Å². The molecular formula is C47H64N12O10. The number of hydrogen-bond acceptors (Lipinski definition) is 15. The smallest absolute Gasteiger partial charge is 0.320 e. The number of azide groups is 1. The van der Waals surface area contributed by atoms with Crippen LogP contribution in [0.2, 0.25) is 0 Å². The molecule has 2 aromatic heterocycles.